The maximum atomic E-state index is 2.57. The molecule has 1 aliphatic rings. The van der Waals surface area contributed by atoms with Gasteiger partial charge in [-0.1, -0.05) is 20.8 Å². The van der Waals surface area contributed by atoms with E-state index in [0.717, 1.165) is 11.2 Å². The van der Waals surface area contributed by atoms with Gasteiger partial charge in [-0.05, 0) is 13.0 Å². The van der Waals surface area contributed by atoms with E-state index >= 15 is 0 Å². The van der Waals surface area contributed by atoms with Crippen LogP contribution in [0.1, 0.15) is 20.8 Å². The molecule has 0 amide bonds. The number of rotatable bonds is 4. The van der Waals surface area contributed by atoms with Crippen LogP contribution in [0.3, 0.4) is 0 Å². The minimum Gasteiger partial charge on any atom is -0.304 e. The molecule has 1 fully saturated rings. The Bertz CT molecular complexity index is 153. The van der Waals surface area contributed by atoms with E-state index in [2.05, 4.69) is 49.4 Å². The van der Waals surface area contributed by atoms with Gasteiger partial charge < -0.3 is 4.90 Å². The van der Waals surface area contributed by atoms with Gasteiger partial charge in [-0.25, -0.2) is 0 Å². The van der Waals surface area contributed by atoms with Crippen LogP contribution < -0.4 is 0 Å². The zero-order chi connectivity index (χ0) is 10.6. The van der Waals surface area contributed by atoms with Crippen LogP contribution in [-0.2, 0) is 0 Å². The van der Waals surface area contributed by atoms with Crippen LogP contribution in [-0.4, -0.2) is 54.2 Å². The van der Waals surface area contributed by atoms with E-state index in [1.54, 1.807) is 0 Å². The monoisotopic (exact) mass is 216 g/mol. The van der Waals surface area contributed by atoms with Gasteiger partial charge in [-0.2, -0.15) is 0 Å². The van der Waals surface area contributed by atoms with Crippen molar-refractivity contribution in [3.05, 3.63) is 0 Å². The molecule has 0 spiro atoms. The van der Waals surface area contributed by atoms with Crippen LogP contribution in [0.15, 0.2) is 0 Å². The summed E-state index contributed by atoms with van der Waals surface area (Å²) in [6.45, 7) is 11.9. The molecule has 1 saturated heterocycles. The van der Waals surface area contributed by atoms with E-state index in [4.69, 9.17) is 0 Å². The van der Waals surface area contributed by atoms with E-state index in [9.17, 15) is 0 Å². The predicted molar refractivity (Wildman–Crippen MR) is 65.8 cm³/mol. The summed E-state index contributed by atoms with van der Waals surface area (Å²) in [5, 5.41) is 0.787. The highest BCUT2D eigenvalue weighted by atomic mass is 32.2. The van der Waals surface area contributed by atoms with Crippen molar-refractivity contribution in [1.29, 1.82) is 0 Å². The molecule has 0 radical (unpaired) electrons. The van der Waals surface area contributed by atoms with Crippen LogP contribution in [0, 0.1) is 5.92 Å². The summed E-state index contributed by atoms with van der Waals surface area (Å²) in [6.07, 6.45) is 0. The van der Waals surface area contributed by atoms with Crippen LogP contribution in [0.2, 0.25) is 0 Å². The molecule has 0 aromatic heterocycles. The van der Waals surface area contributed by atoms with Crippen LogP contribution >= 0.6 is 11.8 Å². The van der Waals surface area contributed by atoms with Gasteiger partial charge >= 0.3 is 0 Å². The largest absolute Gasteiger partial charge is 0.304 e. The fourth-order valence-corrected chi connectivity index (χ4v) is 2.48. The summed E-state index contributed by atoms with van der Waals surface area (Å²) < 4.78 is 0. The number of piperazine rings is 1. The minimum atomic E-state index is 0.787. The SMILES string of the molecule is CC(C)C(C)SCN1CCN(C)CC1. The van der Waals surface area contributed by atoms with E-state index < -0.39 is 0 Å². The zero-order valence-electron chi connectivity index (χ0n) is 9.99. The van der Waals surface area contributed by atoms with E-state index in [-0.39, 0.29) is 0 Å². The third-order valence-electron chi connectivity index (χ3n) is 3.05. The highest BCUT2D eigenvalue weighted by molar-refractivity contribution is 7.99. The van der Waals surface area contributed by atoms with Gasteiger partial charge in [-0.15, -0.1) is 11.8 Å². The Morgan fingerprint density at radius 3 is 2.14 bits per heavy atom. The van der Waals surface area contributed by atoms with Crippen molar-refractivity contribution in [1.82, 2.24) is 9.80 Å². The molecule has 3 heteroatoms. The lowest BCUT2D eigenvalue weighted by Crippen LogP contribution is -2.44. The first-order chi connectivity index (χ1) is 6.59. The van der Waals surface area contributed by atoms with Gasteiger partial charge in [-0.3, -0.25) is 4.90 Å². The second-order valence-electron chi connectivity index (χ2n) is 4.67. The summed E-state index contributed by atoms with van der Waals surface area (Å²) in [5.74, 6) is 2.01. The molecule has 1 heterocycles. The Kier molecular flexibility index (Phi) is 5.28. The molecule has 0 aliphatic carbocycles. The second kappa shape index (κ2) is 5.99. The Morgan fingerprint density at radius 2 is 1.64 bits per heavy atom. The molecular formula is C11H24N2S. The standard InChI is InChI=1S/C11H24N2S/c1-10(2)11(3)14-9-13-7-5-12(4)6-8-13/h10-11H,5-9H2,1-4H3. The summed E-state index contributed by atoms with van der Waals surface area (Å²) in [7, 11) is 2.21. The molecule has 1 unspecified atom stereocenters. The maximum Gasteiger partial charge on any atom is 0.0448 e. The molecule has 14 heavy (non-hydrogen) atoms. The van der Waals surface area contributed by atoms with E-state index in [0.29, 0.717) is 0 Å². The molecular weight excluding hydrogens is 192 g/mol. The fraction of sp³-hybridized carbons (Fsp3) is 1.00. The number of hydrogen-bond donors (Lipinski definition) is 0. The van der Waals surface area contributed by atoms with Gasteiger partial charge in [0, 0.05) is 37.3 Å². The highest BCUT2D eigenvalue weighted by Gasteiger charge is 2.15. The number of nitrogens with zero attached hydrogens (tertiary/aromatic N) is 2. The lowest BCUT2D eigenvalue weighted by Gasteiger charge is -2.32. The Balaban J connectivity index is 2.13. The van der Waals surface area contributed by atoms with E-state index in [1.807, 2.05) is 0 Å². The van der Waals surface area contributed by atoms with Crippen molar-refractivity contribution in [3.8, 4) is 0 Å². The molecule has 1 atom stereocenters. The molecule has 0 bridgehead atoms. The molecule has 1 aliphatic heterocycles. The van der Waals surface area contributed by atoms with Gasteiger partial charge in [0.2, 0.25) is 0 Å². The van der Waals surface area contributed by atoms with Crippen molar-refractivity contribution in [3.63, 3.8) is 0 Å². The number of thioether (sulfide) groups is 1. The zero-order valence-corrected chi connectivity index (χ0v) is 10.8. The summed E-state index contributed by atoms with van der Waals surface area (Å²) in [6, 6.07) is 0. The summed E-state index contributed by atoms with van der Waals surface area (Å²) in [4.78, 5) is 4.98. The first kappa shape index (κ1) is 12.3. The van der Waals surface area contributed by atoms with Crippen molar-refractivity contribution in [2.75, 3.05) is 39.1 Å². The van der Waals surface area contributed by atoms with Crippen LogP contribution in [0.25, 0.3) is 0 Å². The van der Waals surface area contributed by atoms with Crippen LogP contribution in [0.4, 0.5) is 0 Å². The molecule has 2 nitrogen and oxygen atoms in total. The van der Waals surface area contributed by atoms with Gasteiger partial charge in [0.15, 0.2) is 0 Å². The molecule has 84 valence electrons. The Morgan fingerprint density at radius 1 is 1.07 bits per heavy atom. The summed E-state index contributed by atoms with van der Waals surface area (Å²) in [5.41, 5.74) is 0. The van der Waals surface area contributed by atoms with Crippen LogP contribution in [0.5, 0.6) is 0 Å². The molecule has 0 aromatic rings. The van der Waals surface area contributed by atoms with Gasteiger partial charge in [0.25, 0.3) is 0 Å². The number of likely N-dealkylation sites (N-methyl/N-ethyl adjacent to an activating group) is 1. The second-order valence-corrected chi connectivity index (χ2v) is 6.00. The molecule has 1 rings (SSSR count). The lowest BCUT2D eigenvalue weighted by molar-refractivity contribution is 0.174. The normalized spacial score (nSPS) is 22.9. The van der Waals surface area contributed by atoms with Gasteiger partial charge in [0.05, 0.1) is 0 Å². The molecule has 0 saturated carbocycles. The first-order valence-electron chi connectivity index (χ1n) is 5.62. The Hall–Kier alpha value is 0.270. The molecule has 0 N–H and O–H groups in total. The van der Waals surface area contributed by atoms with Crippen molar-refractivity contribution in [2.45, 2.75) is 26.0 Å². The topological polar surface area (TPSA) is 6.48 Å². The minimum absolute atomic E-state index is 0.787. The van der Waals surface area contributed by atoms with Gasteiger partial charge in [0.1, 0.15) is 0 Å². The quantitative estimate of drug-likeness (QED) is 0.709. The summed E-state index contributed by atoms with van der Waals surface area (Å²) >= 11 is 2.10. The number of hydrogen-bond acceptors (Lipinski definition) is 3. The van der Waals surface area contributed by atoms with Crippen molar-refractivity contribution < 1.29 is 0 Å². The Labute approximate surface area is 93.0 Å². The lowest BCUT2D eigenvalue weighted by atomic mass is 10.2. The average molecular weight is 216 g/mol. The maximum absolute atomic E-state index is 2.57. The third-order valence-corrected chi connectivity index (χ3v) is 4.64. The van der Waals surface area contributed by atoms with Crippen molar-refractivity contribution >= 4 is 11.8 Å². The predicted octanol–water partition coefficient (Wildman–Crippen LogP) is 1.97. The van der Waals surface area contributed by atoms with E-state index in [1.165, 1.54) is 32.1 Å². The fourth-order valence-electron chi connectivity index (χ4n) is 1.39. The third kappa shape index (κ3) is 4.20. The highest BCUT2D eigenvalue weighted by Crippen LogP contribution is 2.19. The van der Waals surface area contributed by atoms with Crippen molar-refractivity contribution in [2.24, 2.45) is 5.92 Å². The smallest absolute Gasteiger partial charge is 0.0448 e. The first-order valence-corrected chi connectivity index (χ1v) is 6.67. The average Bonchev–Trinajstić information content (AvgIpc) is 2.16. The molecule has 0 aromatic carbocycles.